The van der Waals surface area contributed by atoms with Crippen LogP contribution in [0, 0.1) is 0 Å². The zero-order valence-electron chi connectivity index (χ0n) is 12.2. The molecule has 0 aliphatic rings. The summed E-state index contributed by atoms with van der Waals surface area (Å²) < 4.78 is 38.1. The maximum absolute atomic E-state index is 12.1. The summed E-state index contributed by atoms with van der Waals surface area (Å²) in [5.74, 6) is -0.680. The van der Waals surface area contributed by atoms with E-state index in [4.69, 9.17) is 0 Å². The lowest BCUT2D eigenvalue weighted by atomic mass is 10.3. The monoisotopic (exact) mass is 364 g/mol. The lowest BCUT2D eigenvalue weighted by Gasteiger charge is -2.13. The largest absolute Gasteiger partial charge is 0.405 e. The Kier molecular flexibility index (Phi) is 6.05. The predicted molar refractivity (Wildman–Crippen MR) is 82.4 cm³/mol. The van der Waals surface area contributed by atoms with E-state index in [0.717, 1.165) is 18.2 Å². The van der Waals surface area contributed by atoms with Gasteiger partial charge in [-0.15, -0.1) is 21.5 Å². The van der Waals surface area contributed by atoms with Crippen LogP contribution in [0.5, 0.6) is 0 Å². The third-order valence-corrected chi connectivity index (χ3v) is 4.90. The number of carbonyl (C=O) groups is 1. The average Bonchev–Trinajstić information content (AvgIpc) is 3.13. The van der Waals surface area contributed by atoms with Crippen LogP contribution in [0.3, 0.4) is 0 Å². The lowest BCUT2D eigenvalue weighted by molar-refractivity contribution is -0.137. The molecule has 2 aromatic rings. The summed E-state index contributed by atoms with van der Waals surface area (Å²) in [5.41, 5.74) is 0. The Morgan fingerprint density at radius 2 is 2.30 bits per heavy atom. The average molecular weight is 364 g/mol. The zero-order chi connectivity index (χ0) is 16.9. The second kappa shape index (κ2) is 7.82. The molecule has 2 rings (SSSR count). The number of nitrogens with zero attached hydrogens (tertiary/aromatic N) is 3. The van der Waals surface area contributed by atoms with Crippen molar-refractivity contribution >= 4 is 29.0 Å². The molecule has 1 amide bonds. The summed E-state index contributed by atoms with van der Waals surface area (Å²) in [6, 6.07) is 3.99. The van der Waals surface area contributed by atoms with Crippen LogP contribution in [-0.4, -0.2) is 38.6 Å². The Morgan fingerprint density at radius 3 is 2.96 bits per heavy atom. The molecule has 1 atom stereocenters. The number of hydrogen-bond donors (Lipinski definition) is 1. The Hall–Kier alpha value is -1.55. The fraction of sp³-hybridized carbons (Fsp3) is 0.462. The number of amides is 1. The third kappa shape index (κ3) is 5.87. The van der Waals surface area contributed by atoms with Gasteiger partial charge in [-0.25, -0.2) is 0 Å². The van der Waals surface area contributed by atoms with Gasteiger partial charge in [0.15, 0.2) is 5.16 Å². The Bertz CT molecular complexity index is 627. The number of nitrogens with one attached hydrogen (secondary N) is 1. The molecule has 10 heteroatoms. The topological polar surface area (TPSA) is 59.8 Å². The quantitative estimate of drug-likeness (QED) is 0.768. The van der Waals surface area contributed by atoms with Gasteiger partial charge in [-0.2, -0.15) is 13.2 Å². The van der Waals surface area contributed by atoms with Crippen LogP contribution in [-0.2, 0) is 17.8 Å². The van der Waals surface area contributed by atoms with Crippen molar-refractivity contribution in [2.75, 3.05) is 6.54 Å². The number of aryl methyl sites for hydroxylation is 2. The standard InChI is InChI=1S/C13H15F3N4OS2/c1-9(11(21)17-7-13(14,15)16)23-12-19-18-8-20(12)5-4-10-3-2-6-22-10/h2-3,6,8-9H,4-5,7H2,1H3,(H,17,21). The Labute approximate surface area is 139 Å². The van der Waals surface area contributed by atoms with Crippen molar-refractivity contribution in [3.63, 3.8) is 0 Å². The molecule has 23 heavy (non-hydrogen) atoms. The minimum atomic E-state index is -4.42. The summed E-state index contributed by atoms with van der Waals surface area (Å²) >= 11 is 2.73. The summed E-state index contributed by atoms with van der Waals surface area (Å²) in [5, 5.41) is 11.4. The van der Waals surface area contributed by atoms with Gasteiger partial charge in [0.05, 0.1) is 5.25 Å². The van der Waals surface area contributed by atoms with Crippen molar-refractivity contribution in [3.05, 3.63) is 28.7 Å². The van der Waals surface area contributed by atoms with E-state index in [9.17, 15) is 18.0 Å². The van der Waals surface area contributed by atoms with E-state index in [1.807, 2.05) is 22.8 Å². The molecule has 0 fully saturated rings. The highest BCUT2D eigenvalue weighted by atomic mass is 32.2. The van der Waals surface area contributed by atoms with Crippen LogP contribution in [0.1, 0.15) is 11.8 Å². The predicted octanol–water partition coefficient (Wildman–Crippen LogP) is 2.74. The van der Waals surface area contributed by atoms with Crippen LogP contribution < -0.4 is 5.32 Å². The summed E-state index contributed by atoms with van der Waals surface area (Å²) in [6.45, 7) is 0.850. The summed E-state index contributed by atoms with van der Waals surface area (Å²) in [7, 11) is 0. The number of alkyl halides is 3. The van der Waals surface area contributed by atoms with Crippen LogP contribution in [0.15, 0.2) is 29.0 Å². The first-order valence-corrected chi connectivity index (χ1v) is 8.52. The molecule has 2 aromatic heterocycles. The number of thiophene rings is 1. The van der Waals surface area contributed by atoms with Crippen molar-refractivity contribution < 1.29 is 18.0 Å². The van der Waals surface area contributed by atoms with Gasteiger partial charge in [-0.05, 0) is 24.8 Å². The minimum absolute atomic E-state index is 0.510. The first kappa shape index (κ1) is 17.8. The number of hydrogen-bond acceptors (Lipinski definition) is 5. The van der Waals surface area contributed by atoms with Gasteiger partial charge >= 0.3 is 6.18 Å². The molecular weight excluding hydrogens is 349 g/mol. The molecule has 1 unspecified atom stereocenters. The molecule has 0 saturated heterocycles. The molecule has 5 nitrogen and oxygen atoms in total. The van der Waals surface area contributed by atoms with Gasteiger partial charge < -0.3 is 9.88 Å². The van der Waals surface area contributed by atoms with E-state index in [-0.39, 0.29) is 0 Å². The van der Waals surface area contributed by atoms with Crippen LogP contribution in [0.25, 0.3) is 0 Å². The number of rotatable bonds is 7. The summed E-state index contributed by atoms with van der Waals surface area (Å²) in [6.07, 6.45) is -2.06. The number of thioether (sulfide) groups is 1. The van der Waals surface area contributed by atoms with Gasteiger partial charge in [-0.3, -0.25) is 4.79 Å². The first-order chi connectivity index (χ1) is 10.8. The molecule has 0 bridgehead atoms. The molecule has 0 radical (unpaired) electrons. The van der Waals surface area contributed by atoms with Crippen LogP contribution in [0.2, 0.25) is 0 Å². The second-order valence-corrected chi connectivity index (χ2v) is 7.07. The van der Waals surface area contributed by atoms with E-state index in [1.54, 1.807) is 22.2 Å². The molecule has 0 aliphatic carbocycles. The summed E-state index contributed by atoms with van der Waals surface area (Å²) in [4.78, 5) is 12.9. The smallest absolute Gasteiger partial charge is 0.346 e. The van der Waals surface area contributed by atoms with Crippen LogP contribution in [0.4, 0.5) is 13.2 Å². The van der Waals surface area contributed by atoms with E-state index < -0.39 is 23.9 Å². The van der Waals surface area contributed by atoms with Crippen molar-refractivity contribution in [2.45, 2.75) is 36.5 Å². The van der Waals surface area contributed by atoms with E-state index in [1.165, 1.54) is 11.8 Å². The molecule has 0 aliphatic heterocycles. The fourth-order valence-corrected chi connectivity index (χ4v) is 3.29. The normalized spacial score (nSPS) is 13.0. The first-order valence-electron chi connectivity index (χ1n) is 6.76. The van der Waals surface area contributed by atoms with Gasteiger partial charge in [0.25, 0.3) is 0 Å². The molecule has 2 heterocycles. The van der Waals surface area contributed by atoms with Crippen LogP contribution >= 0.6 is 23.1 Å². The van der Waals surface area contributed by atoms with E-state index >= 15 is 0 Å². The molecule has 0 aromatic carbocycles. The molecule has 1 N–H and O–H groups in total. The van der Waals surface area contributed by atoms with Crippen molar-refractivity contribution in [1.82, 2.24) is 20.1 Å². The number of carbonyl (C=O) groups excluding carboxylic acids is 1. The third-order valence-electron chi connectivity index (χ3n) is 2.87. The van der Waals surface area contributed by atoms with Gasteiger partial charge in [0.2, 0.25) is 5.91 Å². The number of aromatic nitrogens is 3. The molecule has 0 saturated carbocycles. The highest BCUT2D eigenvalue weighted by molar-refractivity contribution is 8.00. The van der Waals surface area contributed by atoms with Crippen molar-refractivity contribution in [3.8, 4) is 0 Å². The number of halogens is 3. The molecule has 0 spiro atoms. The fourth-order valence-electron chi connectivity index (χ4n) is 1.72. The highest BCUT2D eigenvalue weighted by Crippen LogP contribution is 2.22. The second-order valence-electron chi connectivity index (χ2n) is 4.73. The zero-order valence-corrected chi connectivity index (χ0v) is 13.8. The maximum atomic E-state index is 12.1. The Balaban J connectivity index is 1.87. The maximum Gasteiger partial charge on any atom is 0.405 e. The van der Waals surface area contributed by atoms with Gasteiger partial charge in [0.1, 0.15) is 12.9 Å². The highest BCUT2D eigenvalue weighted by Gasteiger charge is 2.29. The van der Waals surface area contributed by atoms with E-state index in [2.05, 4.69) is 10.2 Å². The van der Waals surface area contributed by atoms with Crippen molar-refractivity contribution in [2.24, 2.45) is 0 Å². The SMILES string of the molecule is CC(Sc1nncn1CCc1cccs1)C(=O)NCC(F)(F)F. The minimum Gasteiger partial charge on any atom is -0.346 e. The van der Waals surface area contributed by atoms with Gasteiger partial charge in [0, 0.05) is 11.4 Å². The molecule has 126 valence electrons. The van der Waals surface area contributed by atoms with E-state index in [0.29, 0.717) is 11.7 Å². The van der Waals surface area contributed by atoms with Crippen molar-refractivity contribution in [1.29, 1.82) is 0 Å². The Morgan fingerprint density at radius 1 is 1.52 bits per heavy atom. The lowest BCUT2D eigenvalue weighted by Crippen LogP contribution is -2.38. The van der Waals surface area contributed by atoms with Gasteiger partial charge in [-0.1, -0.05) is 17.8 Å². The molecular formula is C13H15F3N4OS2.